The highest BCUT2D eigenvalue weighted by Crippen LogP contribution is 2.28. The minimum Gasteiger partial charge on any atom is -0.379 e. The maximum absolute atomic E-state index is 5.50. The van der Waals surface area contributed by atoms with E-state index < -0.39 is 0 Å². The second-order valence-corrected chi connectivity index (χ2v) is 6.05. The van der Waals surface area contributed by atoms with Crippen LogP contribution in [0.2, 0.25) is 0 Å². The zero-order valence-corrected chi connectivity index (χ0v) is 13.0. The number of morpholine rings is 1. The van der Waals surface area contributed by atoms with E-state index in [1.165, 1.54) is 12.8 Å². The maximum atomic E-state index is 5.50. The van der Waals surface area contributed by atoms with Crippen molar-refractivity contribution in [2.75, 3.05) is 32.8 Å². The normalized spacial score (nSPS) is 23.0. The number of hydrogen-bond acceptors (Lipinski definition) is 3. The largest absolute Gasteiger partial charge is 0.379 e. The van der Waals surface area contributed by atoms with Crippen LogP contribution in [0.1, 0.15) is 47.5 Å². The summed E-state index contributed by atoms with van der Waals surface area (Å²) in [6, 6.07) is 0.575. The van der Waals surface area contributed by atoms with Gasteiger partial charge in [0.2, 0.25) is 0 Å². The standard InChI is InChI=1S/C15H32N2O/c1-6-15(5,17-8-10-18-11-9-17)14(16-7-2)12-13(3)4/h13-14,16H,6-12H2,1-5H3. The summed E-state index contributed by atoms with van der Waals surface area (Å²) in [6.07, 6.45) is 2.44. The molecule has 3 heteroatoms. The van der Waals surface area contributed by atoms with Crippen molar-refractivity contribution >= 4 is 0 Å². The van der Waals surface area contributed by atoms with E-state index in [9.17, 15) is 0 Å². The van der Waals surface area contributed by atoms with Gasteiger partial charge in [-0.3, -0.25) is 4.90 Å². The average Bonchev–Trinajstić information content (AvgIpc) is 2.38. The molecule has 2 atom stereocenters. The van der Waals surface area contributed by atoms with Crippen LogP contribution in [0.25, 0.3) is 0 Å². The van der Waals surface area contributed by atoms with E-state index in [-0.39, 0.29) is 5.54 Å². The molecule has 1 aliphatic heterocycles. The third kappa shape index (κ3) is 3.94. The van der Waals surface area contributed by atoms with E-state index in [1.807, 2.05) is 0 Å². The average molecular weight is 256 g/mol. The molecular formula is C15H32N2O. The number of nitrogens with zero attached hydrogens (tertiary/aromatic N) is 1. The molecule has 3 nitrogen and oxygen atoms in total. The van der Waals surface area contributed by atoms with Gasteiger partial charge in [-0.25, -0.2) is 0 Å². The van der Waals surface area contributed by atoms with Gasteiger partial charge >= 0.3 is 0 Å². The van der Waals surface area contributed by atoms with Crippen molar-refractivity contribution in [2.45, 2.75) is 59.0 Å². The first kappa shape index (κ1) is 15.9. The molecule has 0 saturated carbocycles. The lowest BCUT2D eigenvalue weighted by atomic mass is 9.82. The molecule has 108 valence electrons. The molecule has 0 amide bonds. The summed E-state index contributed by atoms with van der Waals surface area (Å²) in [7, 11) is 0. The lowest BCUT2D eigenvalue weighted by Crippen LogP contribution is -2.62. The number of ether oxygens (including phenoxy) is 1. The van der Waals surface area contributed by atoms with Crippen LogP contribution in [0.5, 0.6) is 0 Å². The van der Waals surface area contributed by atoms with Crippen LogP contribution in [0.15, 0.2) is 0 Å². The van der Waals surface area contributed by atoms with Crippen LogP contribution in [0.4, 0.5) is 0 Å². The predicted octanol–water partition coefficient (Wildman–Crippen LogP) is 2.51. The van der Waals surface area contributed by atoms with Gasteiger partial charge in [0.1, 0.15) is 0 Å². The first-order valence-corrected chi connectivity index (χ1v) is 7.60. The number of hydrogen-bond donors (Lipinski definition) is 1. The fraction of sp³-hybridized carbons (Fsp3) is 1.00. The molecule has 1 heterocycles. The molecule has 1 N–H and O–H groups in total. The first-order chi connectivity index (χ1) is 8.54. The molecule has 1 aliphatic rings. The van der Waals surface area contributed by atoms with Crippen molar-refractivity contribution in [1.29, 1.82) is 0 Å². The highest BCUT2D eigenvalue weighted by Gasteiger charge is 2.38. The van der Waals surface area contributed by atoms with Gasteiger partial charge < -0.3 is 10.1 Å². The lowest BCUT2D eigenvalue weighted by Gasteiger charge is -2.48. The molecule has 0 bridgehead atoms. The Morgan fingerprint density at radius 2 is 1.83 bits per heavy atom. The molecule has 18 heavy (non-hydrogen) atoms. The Bertz CT molecular complexity index is 227. The van der Waals surface area contributed by atoms with Crippen LogP contribution in [0, 0.1) is 5.92 Å². The van der Waals surface area contributed by atoms with Gasteiger partial charge in [-0.15, -0.1) is 0 Å². The fourth-order valence-corrected chi connectivity index (χ4v) is 3.04. The molecule has 0 aromatic rings. The topological polar surface area (TPSA) is 24.5 Å². The van der Waals surface area contributed by atoms with Gasteiger partial charge in [0, 0.05) is 24.7 Å². The zero-order chi connectivity index (χ0) is 13.6. The first-order valence-electron chi connectivity index (χ1n) is 7.60. The van der Waals surface area contributed by atoms with E-state index >= 15 is 0 Å². The van der Waals surface area contributed by atoms with Crippen molar-refractivity contribution in [1.82, 2.24) is 10.2 Å². The van der Waals surface area contributed by atoms with Gasteiger partial charge in [0.25, 0.3) is 0 Å². The molecule has 2 unspecified atom stereocenters. The van der Waals surface area contributed by atoms with Crippen molar-refractivity contribution in [3.63, 3.8) is 0 Å². The van der Waals surface area contributed by atoms with Crippen LogP contribution in [0.3, 0.4) is 0 Å². The molecular weight excluding hydrogens is 224 g/mol. The number of likely N-dealkylation sites (N-methyl/N-ethyl adjacent to an activating group) is 1. The molecule has 0 aromatic heterocycles. The molecule has 0 aliphatic carbocycles. The third-order valence-corrected chi connectivity index (χ3v) is 4.36. The Balaban J connectivity index is 2.78. The zero-order valence-electron chi connectivity index (χ0n) is 13.0. The Hall–Kier alpha value is -0.120. The third-order valence-electron chi connectivity index (χ3n) is 4.36. The van der Waals surface area contributed by atoms with Crippen molar-refractivity contribution in [3.05, 3.63) is 0 Å². The monoisotopic (exact) mass is 256 g/mol. The van der Waals surface area contributed by atoms with Crippen LogP contribution < -0.4 is 5.32 Å². The van der Waals surface area contributed by atoms with E-state index in [4.69, 9.17) is 4.74 Å². The predicted molar refractivity (Wildman–Crippen MR) is 78.0 cm³/mol. The van der Waals surface area contributed by atoms with Gasteiger partial charge in [0.05, 0.1) is 13.2 Å². The fourth-order valence-electron chi connectivity index (χ4n) is 3.04. The number of nitrogens with one attached hydrogen (secondary N) is 1. The second-order valence-electron chi connectivity index (χ2n) is 6.05. The highest BCUT2D eigenvalue weighted by molar-refractivity contribution is 4.97. The van der Waals surface area contributed by atoms with E-state index in [1.54, 1.807) is 0 Å². The minimum atomic E-state index is 0.254. The highest BCUT2D eigenvalue weighted by atomic mass is 16.5. The smallest absolute Gasteiger partial charge is 0.0594 e. The lowest BCUT2D eigenvalue weighted by molar-refractivity contribution is -0.0347. The molecule has 1 fully saturated rings. The summed E-state index contributed by atoms with van der Waals surface area (Å²) in [4.78, 5) is 2.63. The Kier molecular flexibility index (Phi) is 6.61. The maximum Gasteiger partial charge on any atom is 0.0594 e. The summed E-state index contributed by atoms with van der Waals surface area (Å²) >= 11 is 0. The van der Waals surface area contributed by atoms with Gasteiger partial charge in [0.15, 0.2) is 0 Å². The van der Waals surface area contributed by atoms with Crippen molar-refractivity contribution in [2.24, 2.45) is 5.92 Å². The summed E-state index contributed by atoms with van der Waals surface area (Å²) in [5.74, 6) is 0.737. The molecule has 1 rings (SSSR count). The van der Waals surface area contributed by atoms with Crippen LogP contribution >= 0.6 is 0 Å². The number of rotatable bonds is 7. The Morgan fingerprint density at radius 1 is 1.22 bits per heavy atom. The summed E-state index contributed by atoms with van der Waals surface area (Å²) in [5.41, 5.74) is 0.254. The van der Waals surface area contributed by atoms with Crippen molar-refractivity contribution in [3.8, 4) is 0 Å². The molecule has 1 saturated heterocycles. The summed E-state index contributed by atoms with van der Waals surface area (Å²) < 4.78 is 5.50. The van der Waals surface area contributed by atoms with Gasteiger partial charge in [-0.05, 0) is 32.2 Å². The van der Waals surface area contributed by atoms with Gasteiger partial charge in [-0.2, -0.15) is 0 Å². The Labute approximate surface area is 113 Å². The minimum absolute atomic E-state index is 0.254. The summed E-state index contributed by atoms with van der Waals surface area (Å²) in [5, 5.41) is 3.72. The molecule has 0 spiro atoms. The quantitative estimate of drug-likeness (QED) is 0.757. The summed E-state index contributed by atoms with van der Waals surface area (Å²) in [6.45, 7) is 16.6. The van der Waals surface area contributed by atoms with Crippen LogP contribution in [-0.2, 0) is 4.74 Å². The van der Waals surface area contributed by atoms with Crippen LogP contribution in [-0.4, -0.2) is 49.3 Å². The Morgan fingerprint density at radius 3 is 2.28 bits per heavy atom. The van der Waals surface area contributed by atoms with Gasteiger partial charge in [-0.1, -0.05) is 27.7 Å². The van der Waals surface area contributed by atoms with E-state index in [0.29, 0.717) is 6.04 Å². The molecule has 0 aromatic carbocycles. The molecule has 0 radical (unpaired) electrons. The van der Waals surface area contributed by atoms with E-state index in [0.717, 1.165) is 38.8 Å². The second kappa shape index (κ2) is 7.46. The van der Waals surface area contributed by atoms with Crippen molar-refractivity contribution < 1.29 is 4.74 Å². The SMILES string of the molecule is CCNC(CC(C)C)C(C)(CC)N1CCOCC1. The van der Waals surface area contributed by atoms with E-state index in [2.05, 4.69) is 44.8 Å².